The predicted octanol–water partition coefficient (Wildman–Crippen LogP) is 4.04. The smallest absolute Gasteiger partial charge is 0.248 e. The van der Waals surface area contributed by atoms with E-state index in [1.165, 1.54) is 12.0 Å². The second-order valence-corrected chi connectivity index (χ2v) is 5.57. The van der Waals surface area contributed by atoms with Crippen molar-refractivity contribution in [2.45, 2.75) is 26.7 Å². The fourth-order valence-electron chi connectivity index (χ4n) is 2.15. The second kappa shape index (κ2) is 6.38. The zero-order chi connectivity index (χ0) is 14.5. The maximum absolute atomic E-state index is 11.0. The van der Waals surface area contributed by atoms with Crippen molar-refractivity contribution in [1.82, 2.24) is 0 Å². The SMILES string of the molecule is CC(C)CCc1ccc(-c2ccc(C(N)=O)cc2)cc1. The van der Waals surface area contributed by atoms with Crippen LogP contribution in [0, 0.1) is 5.92 Å². The molecule has 2 aromatic rings. The highest BCUT2D eigenvalue weighted by molar-refractivity contribution is 5.93. The lowest BCUT2D eigenvalue weighted by Crippen LogP contribution is -2.10. The molecule has 0 aliphatic carbocycles. The average Bonchev–Trinajstić information content (AvgIpc) is 2.46. The van der Waals surface area contributed by atoms with Crippen LogP contribution in [-0.4, -0.2) is 5.91 Å². The van der Waals surface area contributed by atoms with Gasteiger partial charge in [0.1, 0.15) is 0 Å². The molecule has 0 heterocycles. The third-order valence-corrected chi connectivity index (χ3v) is 3.47. The van der Waals surface area contributed by atoms with Crippen molar-refractivity contribution in [1.29, 1.82) is 0 Å². The van der Waals surface area contributed by atoms with Crippen molar-refractivity contribution in [2.75, 3.05) is 0 Å². The van der Waals surface area contributed by atoms with Crippen LogP contribution in [0.25, 0.3) is 11.1 Å². The zero-order valence-corrected chi connectivity index (χ0v) is 12.1. The van der Waals surface area contributed by atoms with Gasteiger partial charge in [-0.15, -0.1) is 0 Å². The van der Waals surface area contributed by atoms with Crippen LogP contribution in [0.15, 0.2) is 48.5 Å². The Balaban J connectivity index is 2.11. The Kier molecular flexibility index (Phi) is 4.57. The van der Waals surface area contributed by atoms with Crippen molar-refractivity contribution >= 4 is 5.91 Å². The van der Waals surface area contributed by atoms with Crippen molar-refractivity contribution in [3.8, 4) is 11.1 Å². The number of carbonyl (C=O) groups is 1. The molecule has 0 unspecified atom stereocenters. The summed E-state index contributed by atoms with van der Waals surface area (Å²) in [6.07, 6.45) is 2.34. The van der Waals surface area contributed by atoms with Gasteiger partial charge in [-0.3, -0.25) is 4.79 Å². The second-order valence-electron chi connectivity index (χ2n) is 5.57. The fourth-order valence-corrected chi connectivity index (χ4v) is 2.15. The van der Waals surface area contributed by atoms with Gasteiger partial charge in [-0.05, 0) is 47.6 Å². The first-order valence-corrected chi connectivity index (χ1v) is 7.05. The number of benzene rings is 2. The third-order valence-electron chi connectivity index (χ3n) is 3.47. The topological polar surface area (TPSA) is 43.1 Å². The first kappa shape index (κ1) is 14.3. The number of aryl methyl sites for hydroxylation is 1. The highest BCUT2D eigenvalue weighted by Gasteiger charge is 2.02. The van der Waals surface area contributed by atoms with E-state index in [1.54, 1.807) is 12.1 Å². The summed E-state index contributed by atoms with van der Waals surface area (Å²) in [7, 11) is 0. The number of carbonyl (C=O) groups excluding carboxylic acids is 1. The van der Waals surface area contributed by atoms with Crippen LogP contribution in [0.4, 0.5) is 0 Å². The Morgan fingerprint density at radius 3 is 1.90 bits per heavy atom. The maximum Gasteiger partial charge on any atom is 0.248 e. The summed E-state index contributed by atoms with van der Waals surface area (Å²) in [6.45, 7) is 4.49. The third kappa shape index (κ3) is 3.70. The minimum atomic E-state index is -0.388. The van der Waals surface area contributed by atoms with E-state index >= 15 is 0 Å². The molecular weight excluding hydrogens is 246 g/mol. The van der Waals surface area contributed by atoms with Gasteiger partial charge in [0, 0.05) is 5.56 Å². The Morgan fingerprint density at radius 1 is 0.950 bits per heavy atom. The van der Waals surface area contributed by atoms with Crippen LogP contribution in [0.5, 0.6) is 0 Å². The van der Waals surface area contributed by atoms with Gasteiger partial charge in [0.2, 0.25) is 5.91 Å². The Bertz CT molecular complexity index is 567. The van der Waals surface area contributed by atoms with E-state index in [0.29, 0.717) is 5.56 Å². The van der Waals surface area contributed by atoms with E-state index in [9.17, 15) is 4.79 Å². The van der Waals surface area contributed by atoms with Gasteiger partial charge in [0.25, 0.3) is 0 Å². The molecule has 0 saturated heterocycles. The number of amides is 1. The molecule has 2 rings (SSSR count). The largest absolute Gasteiger partial charge is 0.366 e. The molecule has 0 radical (unpaired) electrons. The van der Waals surface area contributed by atoms with E-state index < -0.39 is 0 Å². The summed E-state index contributed by atoms with van der Waals surface area (Å²) < 4.78 is 0. The number of nitrogens with two attached hydrogens (primary N) is 1. The summed E-state index contributed by atoms with van der Waals surface area (Å²) >= 11 is 0. The van der Waals surface area contributed by atoms with Crippen molar-refractivity contribution in [3.05, 3.63) is 59.7 Å². The Hall–Kier alpha value is -2.09. The van der Waals surface area contributed by atoms with Crippen molar-refractivity contribution in [3.63, 3.8) is 0 Å². The van der Waals surface area contributed by atoms with E-state index in [0.717, 1.165) is 23.5 Å². The summed E-state index contributed by atoms with van der Waals surface area (Å²) in [4.78, 5) is 11.0. The minimum Gasteiger partial charge on any atom is -0.366 e. The first-order valence-electron chi connectivity index (χ1n) is 7.05. The summed E-state index contributed by atoms with van der Waals surface area (Å²) in [5.41, 5.74) is 9.42. The number of hydrogen-bond donors (Lipinski definition) is 1. The Labute approximate surface area is 120 Å². The normalized spacial score (nSPS) is 10.8. The number of rotatable bonds is 5. The highest BCUT2D eigenvalue weighted by atomic mass is 16.1. The van der Waals surface area contributed by atoms with Crippen LogP contribution >= 0.6 is 0 Å². The quantitative estimate of drug-likeness (QED) is 0.872. The van der Waals surface area contributed by atoms with Crippen LogP contribution in [0.1, 0.15) is 36.2 Å². The lowest BCUT2D eigenvalue weighted by Gasteiger charge is -2.07. The van der Waals surface area contributed by atoms with Crippen LogP contribution in [0.3, 0.4) is 0 Å². The van der Waals surface area contributed by atoms with Gasteiger partial charge < -0.3 is 5.73 Å². The van der Waals surface area contributed by atoms with Gasteiger partial charge in [-0.1, -0.05) is 50.2 Å². The maximum atomic E-state index is 11.0. The van der Waals surface area contributed by atoms with E-state index in [4.69, 9.17) is 5.73 Å². The average molecular weight is 267 g/mol. The molecule has 0 aliphatic heterocycles. The molecule has 20 heavy (non-hydrogen) atoms. The molecule has 2 heteroatoms. The lowest BCUT2D eigenvalue weighted by atomic mass is 9.99. The molecule has 104 valence electrons. The predicted molar refractivity (Wildman–Crippen MR) is 83.6 cm³/mol. The molecule has 2 nitrogen and oxygen atoms in total. The van der Waals surface area contributed by atoms with Crippen LogP contribution < -0.4 is 5.73 Å². The highest BCUT2D eigenvalue weighted by Crippen LogP contribution is 2.21. The van der Waals surface area contributed by atoms with Crippen molar-refractivity contribution in [2.24, 2.45) is 11.7 Å². The van der Waals surface area contributed by atoms with E-state index in [1.807, 2.05) is 12.1 Å². The van der Waals surface area contributed by atoms with Gasteiger partial charge in [-0.25, -0.2) is 0 Å². The molecule has 0 saturated carbocycles. The standard InChI is InChI=1S/C18H21NO/c1-13(2)3-4-14-5-7-15(8-6-14)16-9-11-17(12-10-16)18(19)20/h5-13H,3-4H2,1-2H3,(H2,19,20). The number of primary amides is 1. The molecule has 0 spiro atoms. The minimum absolute atomic E-state index is 0.388. The molecule has 0 fully saturated rings. The van der Waals surface area contributed by atoms with E-state index in [2.05, 4.69) is 38.1 Å². The molecule has 2 N–H and O–H groups in total. The fraction of sp³-hybridized carbons (Fsp3) is 0.278. The lowest BCUT2D eigenvalue weighted by molar-refractivity contribution is 0.100. The van der Waals surface area contributed by atoms with E-state index in [-0.39, 0.29) is 5.91 Å². The van der Waals surface area contributed by atoms with Gasteiger partial charge in [0.05, 0.1) is 0 Å². The van der Waals surface area contributed by atoms with Crippen LogP contribution in [0.2, 0.25) is 0 Å². The Morgan fingerprint density at radius 2 is 1.45 bits per heavy atom. The molecule has 0 aromatic heterocycles. The molecule has 1 amide bonds. The number of hydrogen-bond acceptors (Lipinski definition) is 1. The molecule has 0 atom stereocenters. The van der Waals surface area contributed by atoms with Gasteiger partial charge >= 0.3 is 0 Å². The summed E-state index contributed by atoms with van der Waals surface area (Å²) in [6, 6.07) is 16.0. The molecule has 2 aromatic carbocycles. The molecular formula is C18H21NO. The summed E-state index contributed by atoms with van der Waals surface area (Å²) in [5, 5.41) is 0. The summed E-state index contributed by atoms with van der Waals surface area (Å²) in [5.74, 6) is 0.344. The monoisotopic (exact) mass is 267 g/mol. The van der Waals surface area contributed by atoms with Gasteiger partial charge in [-0.2, -0.15) is 0 Å². The zero-order valence-electron chi connectivity index (χ0n) is 12.1. The first-order chi connectivity index (χ1) is 9.56. The molecule has 0 bridgehead atoms. The van der Waals surface area contributed by atoms with Gasteiger partial charge in [0.15, 0.2) is 0 Å². The van der Waals surface area contributed by atoms with Crippen molar-refractivity contribution < 1.29 is 4.79 Å². The van der Waals surface area contributed by atoms with Crippen LogP contribution in [-0.2, 0) is 6.42 Å². The molecule has 0 aliphatic rings.